The van der Waals surface area contributed by atoms with Gasteiger partial charge in [-0.2, -0.15) is 0 Å². The number of amides is 4. The number of carbonyl (C=O) groups is 3. The SMILES string of the molecule is Cn1cc(Cl)cc1C(=O)NC1CCC(C(=O)NC(N)=O)CC1. The van der Waals surface area contributed by atoms with Gasteiger partial charge in [-0.3, -0.25) is 14.9 Å². The van der Waals surface area contributed by atoms with E-state index in [0.29, 0.717) is 36.4 Å². The minimum Gasteiger partial charge on any atom is -0.351 e. The van der Waals surface area contributed by atoms with Gasteiger partial charge in [-0.05, 0) is 31.7 Å². The number of aryl methyl sites for hydroxylation is 1. The first-order valence-electron chi connectivity index (χ1n) is 7.10. The van der Waals surface area contributed by atoms with Crippen LogP contribution in [0.25, 0.3) is 0 Å². The topological polar surface area (TPSA) is 106 Å². The van der Waals surface area contributed by atoms with Crippen molar-refractivity contribution in [2.75, 3.05) is 0 Å². The Bertz CT molecular complexity index is 591. The normalized spacial score (nSPS) is 21.2. The summed E-state index contributed by atoms with van der Waals surface area (Å²) >= 11 is 5.86. The van der Waals surface area contributed by atoms with Crippen LogP contribution in [0.15, 0.2) is 12.3 Å². The monoisotopic (exact) mass is 326 g/mol. The van der Waals surface area contributed by atoms with Gasteiger partial charge >= 0.3 is 6.03 Å². The number of carbonyl (C=O) groups excluding carboxylic acids is 3. The molecule has 7 nitrogen and oxygen atoms in total. The zero-order chi connectivity index (χ0) is 16.3. The molecule has 22 heavy (non-hydrogen) atoms. The summed E-state index contributed by atoms with van der Waals surface area (Å²) in [6, 6.07) is 0.794. The van der Waals surface area contributed by atoms with Crippen molar-refractivity contribution >= 4 is 29.4 Å². The number of halogens is 1. The molecule has 1 aromatic rings. The molecule has 8 heteroatoms. The minimum absolute atomic E-state index is 0.0128. The third-order valence-electron chi connectivity index (χ3n) is 3.88. The van der Waals surface area contributed by atoms with Gasteiger partial charge in [-0.25, -0.2) is 4.79 Å². The number of rotatable bonds is 3. The van der Waals surface area contributed by atoms with E-state index in [9.17, 15) is 14.4 Å². The molecule has 0 unspecified atom stereocenters. The number of nitrogens with one attached hydrogen (secondary N) is 2. The molecule has 4 amide bonds. The molecular formula is C14H19ClN4O3. The Balaban J connectivity index is 1.85. The highest BCUT2D eigenvalue weighted by atomic mass is 35.5. The van der Waals surface area contributed by atoms with Crippen LogP contribution in [0.2, 0.25) is 5.02 Å². The Morgan fingerprint density at radius 1 is 1.27 bits per heavy atom. The smallest absolute Gasteiger partial charge is 0.318 e. The number of nitrogens with zero attached hydrogens (tertiary/aromatic N) is 1. The maximum absolute atomic E-state index is 12.2. The van der Waals surface area contributed by atoms with E-state index < -0.39 is 6.03 Å². The van der Waals surface area contributed by atoms with E-state index in [2.05, 4.69) is 10.6 Å². The van der Waals surface area contributed by atoms with Crippen molar-refractivity contribution in [3.05, 3.63) is 23.0 Å². The first kappa shape index (κ1) is 16.4. The maximum atomic E-state index is 12.2. The second-order valence-corrected chi connectivity index (χ2v) is 5.97. The zero-order valence-electron chi connectivity index (χ0n) is 12.3. The molecule has 2 rings (SSSR count). The predicted molar refractivity (Wildman–Crippen MR) is 81.4 cm³/mol. The molecular weight excluding hydrogens is 308 g/mol. The molecule has 120 valence electrons. The van der Waals surface area contributed by atoms with Crippen LogP contribution in [0, 0.1) is 5.92 Å². The maximum Gasteiger partial charge on any atom is 0.318 e. The largest absolute Gasteiger partial charge is 0.351 e. The molecule has 1 aromatic heterocycles. The summed E-state index contributed by atoms with van der Waals surface area (Å²) in [5.74, 6) is -0.754. The average molecular weight is 327 g/mol. The number of primary amides is 1. The highest BCUT2D eigenvalue weighted by Crippen LogP contribution is 2.25. The molecule has 0 aliphatic heterocycles. The van der Waals surface area contributed by atoms with Crippen LogP contribution >= 0.6 is 11.6 Å². The van der Waals surface area contributed by atoms with Crippen LogP contribution in [-0.4, -0.2) is 28.5 Å². The van der Waals surface area contributed by atoms with Crippen LogP contribution in [0.5, 0.6) is 0 Å². The van der Waals surface area contributed by atoms with Crippen LogP contribution < -0.4 is 16.4 Å². The summed E-state index contributed by atoms with van der Waals surface area (Å²) in [6.45, 7) is 0. The van der Waals surface area contributed by atoms with Crippen molar-refractivity contribution in [1.82, 2.24) is 15.2 Å². The fourth-order valence-electron chi connectivity index (χ4n) is 2.73. The predicted octanol–water partition coefficient (Wildman–Crippen LogP) is 1.16. The first-order chi connectivity index (χ1) is 10.4. The first-order valence-corrected chi connectivity index (χ1v) is 7.47. The quantitative estimate of drug-likeness (QED) is 0.776. The van der Waals surface area contributed by atoms with Gasteiger partial charge in [0, 0.05) is 25.2 Å². The van der Waals surface area contributed by atoms with E-state index in [0.717, 1.165) is 0 Å². The van der Waals surface area contributed by atoms with Crippen molar-refractivity contribution in [3.8, 4) is 0 Å². The molecule has 1 aliphatic carbocycles. The Labute approximate surface area is 133 Å². The third-order valence-corrected chi connectivity index (χ3v) is 4.09. The molecule has 0 aromatic carbocycles. The van der Waals surface area contributed by atoms with E-state index >= 15 is 0 Å². The zero-order valence-corrected chi connectivity index (χ0v) is 13.0. The van der Waals surface area contributed by atoms with E-state index in [1.165, 1.54) is 0 Å². The molecule has 0 atom stereocenters. The highest BCUT2D eigenvalue weighted by Gasteiger charge is 2.28. The fourth-order valence-corrected chi connectivity index (χ4v) is 2.98. The summed E-state index contributed by atoms with van der Waals surface area (Å²) in [7, 11) is 1.76. The lowest BCUT2D eigenvalue weighted by atomic mass is 9.85. The molecule has 1 heterocycles. The third kappa shape index (κ3) is 4.00. The Morgan fingerprint density at radius 3 is 2.41 bits per heavy atom. The number of aromatic nitrogens is 1. The summed E-state index contributed by atoms with van der Waals surface area (Å²) in [5.41, 5.74) is 5.43. The van der Waals surface area contributed by atoms with Gasteiger partial charge in [-0.15, -0.1) is 0 Å². The molecule has 1 fully saturated rings. The summed E-state index contributed by atoms with van der Waals surface area (Å²) in [5, 5.41) is 5.56. The van der Waals surface area contributed by atoms with Crippen molar-refractivity contribution in [3.63, 3.8) is 0 Å². The van der Waals surface area contributed by atoms with Crippen LogP contribution in [0.3, 0.4) is 0 Å². The number of urea groups is 1. The fraction of sp³-hybridized carbons (Fsp3) is 0.500. The lowest BCUT2D eigenvalue weighted by molar-refractivity contribution is -0.124. The Morgan fingerprint density at radius 2 is 1.91 bits per heavy atom. The second-order valence-electron chi connectivity index (χ2n) is 5.53. The average Bonchev–Trinajstić information content (AvgIpc) is 2.78. The van der Waals surface area contributed by atoms with Gasteiger partial charge in [0.2, 0.25) is 5.91 Å². The van der Waals surface area contributed by atoms with Crippen LogP contribution in [0.4, 0.5) is 4.79 Å². The molecule has 0 saturated heterocycles. The van der Waals surface area contributed by atoms with E-state index in [1.54, 1.807) is 23.9 Å². The summed E-state index contributed by atoms with van der Waals surface area (Å²) < 4.78 is 1.67. The van der Waals surface area contributed by atoms with Gasteiger partial charge in [0.25, 0.3) is 5.91 Å². The molecule has 4 N–H and O–H groups in total. The minimum atomic E-state index is -0.832. The van der Waals surface area contributed by atoms with E-state index in [-0.39, 0.29) is 23.8 Å². The highest BCUT2D eigenvalue weighted by molar-refractivity contribution is 6.31. The Hall–Kier alpha value is -2.02. The lowest BCUT2D eigenvalue weighted by Gasteiger charge is -2.28. The van der Waals surface area contributed by atoms with Crippen LogP contribution in [-0.2, 0) is 11.8 Å². The molecule has 1 saturated carbocycles. The number of nitrogens with two attached hydrogens (primary N) is 1. The van der Waals surface area contributed by atoms with Gasteiger partial charge in [0.05, 0.1) is 5.02 Å². The standard InChI is InChI=1S/C14H19ClN4O3/c1-19-7-9(15)6-11(19)13(21)17-10-4-2-8(3-5-10)12(20)18-14(16)22/h6-8,10H,2-5H2,1H3,(H,17,21)(H3,16,18,20,22). The van der Waals surface area contributed by atoms with Gasteiger partial charge in [0.15, 0.2) is 0 Å². The Kier molecular flexibility index (Phi) is 5.07. The van der Waals surface area contributed by atoms with Crippen LogP contribution in [0.1, 0.15) is 36.2 Å². The molecule has 0 spiro atoms. The van der Waals surface area contributed by atoms with Crippen molar-refractivity contribution < 1.29 is 14.4 Å². The molecule has 0 radical (unpaired) electrons. The van der Waals surface area contributed by atoms with E-state index in [4.69, 9.17) is 17.3 Å². The van der Waals surface area contributed by atoms with Crippen molar-refractivity contribution in [1.29, 1.82) is 0 Å². The van der Waals surface area contributed by atoms with Crippen molar-refractivity contribution in [2.45, 2.75) is 31.7 Å². The van der Waals surface area contributed by atoms with E-state index in [1.807, 2.05) is 0 Å². The van der Waals surface area contributed by atoms with Gasteiger partial charge in [0.1, 0.15) is 5.69 Å². The van der Waals surface area contributed by atoms with Gasteiger partial charge < -0.3 is 15.6 Å². The van der Waals surface area contributed by atoms with Gasteiger partial charge in [-0.1, -0.05) is 11.6 Å². The number of hydrogen-bond acceptors (Lipinski definition) is 3. The second kappa shape index (κ2) is 6.83. The summed E-state index contributed by atoms with van der Waals surface area (Å²) in [4.78, 5) is 34.5. The summed E-state index contributed by atoms with van der Waals surface area (Å²) in [6.07, 6.45) is 4.25. The molecule has 0 bridgehead atoms. The van der Waals surface area contributed by atoms with Crippen molar-refractivity contribution in [2.24, 2.45) is 18.7 Å². The number of hydrogen-bond donors (Lipinski definition) is 3. The number of imide groups is 1. The molecule has 1 aliphatic rings. The lowest BCUT2D eigenvalue weighted by Crippen LogP contribution is -2.43.